The number of rotatable bonds is 7. The lowest BCUT2D eigenvalue weighted by molar-refractivity contribution is -0.281. The second-order valence-electron chi connectivity index (χ2n) is 5.10. The summed E-state index contributed by atoms with van der Waals surface area (Å²) in [5, 5.41) is 8.59. The van der Waals surface area contributed by atoms with E-state index in [1.54, 1.807) is 17.7 Å². The molecule has 1 aliphatic rings. The lowest BCUT2D eigenvalue weighted by Gasteiger charge is -2.39. The molecule has 112 valence electrons. The molecule has 7 heteroatoms. The van der Waals surface area contributed by atoms with Crippen LogP contribution < -0.4 is 0 Å². The first kappa shape index (κ1) is 17.1. The van der Waals surface area contributed by atoms with Gasteiger partial charge in [0.15, 0.2) is 5.79 Å². The summed E-state index contributed by atoms with van der Waals surface area (Å²) < 4.78 is 16.3. The molecule has 0 aromatic rings. The second-order valence-corrected chi connectivity index (χ2v) is 7.65. The maximum atomic E-state index is 12.0. The van der Waals surface area contributed by atoms with Crippen molar-refractivity contribution in [3.05, 3.63) is 0 Å². The van der Waals surface area contributed by atoms with Gasteiger partial charge < -0.3 is 19.3 Å². The van der Waals surface area contributed by atoms with Gasteiger partial charge in [-0.3, -0.25) is 4.79 Å². The topological polar surface area (TPSA) is 65.0 Å². The Bertz CT molecular complexity index is 286. The van der Waals surface area contributed by atoms with Crippen molar-refractivity contribution in [3.63, 3.8) is 0 Å². The molecule has 1 heterocycles. The van der Waals surface area contributed by atoms with Gasteiger partial charge in [0.2, 0.25) is 0 Å². The number of aliphatic hydroxyl groups excluding tert-OH is 1. The molecule has 0 spiro atoms. The minimum Gasteiger partial charge on any atom is -0.465 e. The molecule has 19 heavy (non-hydrogen) atoms. The van der Waals surface area contributed by atoms with E-state index in [0.717, 1.165) is 12.2 Å². The van der Waals surface area contributed by atoms with E-state index in [2.05, 4.69) is 0 Å². The van der Waals surface area contributed by atoms with E-state index < -0.39 is 11.2 Å². The summed E-state index contributed by atoms with van der Waals surface area (Å²) in [5.74, 6) is 0.0445. The maximum Gasteiger partial charge on any atom is 0.316 e. The average Bonchev–Trinajstić information content (AvgIpc) is 2.37. The number of aliphatic hydroxyl groups is 1. The lowest BCUT2D eigenvalue weighted by atomic mass is 9.92. The first-order valence-electron chi connectivity index (χ1n) is 6.20. The van der Waals surface area contributed by atoms with Gasteiger partial charge in [0.25, 0.3) is 0 Å². The highest BCUT2D eigenvalue weighted by Gasteiger charge is 2.43. The van der Waals surface area contributed by atoms with Crippen LogP contribution in [0.5, 0.6) is 0 Å². The van der Waals surface area contributed by atoms with E-state index >= 15 is 0 Å². The van der Waals surface area contributed by atoms with Crippen molar-refractivity contribution in [1.29, 1.82) is 0 Å². The van der Waals surface area contributed by atoms with Crippen molar-refractivity contribution in [2.75, 3.05) is 31.5 Å². The van der Waals surface area contributed by atoms with Crippen molar-refractivity contribution in [1.82, 2.24) is 0 Å². The first-order valence-corrected chi connectivity index (χ1v) is 8.69. The predicted octanol–water partition coefficient (Wildman–Crippen LogP) is 2.04. The van der Waals surface area contributed by atoms with Gasteiger partial charge in [-0.15, -0.1) is 0 Å². The molecule has 1 N–H and O–H groups in total. The molecule has 0 aliphatic carbocycles. The Morgan fingerprint density at radius 3 is 2.47 bits per heavy atom. The molecule has 5 nitrogen and oxygen atoms in total. The molecule has 1 aliphatic heterocycles. The Hall–Kier alpha value is 0.0500. The van der Waals surface area contributed by atoms with Crippen molar-refractivity contribution in [2.45, 2.75) is 33.0 Å². The van der Waals surface area contributed by atoms with Crippen LogP contribution in [-0.4, -0.2) is 48.4 Å². The highest BCUT2D eigenvalue weighted by atomic mass is 33.1. The van der Waals surface area contributed by atoms with Gasteiger partial charge in [-0.05, 0) is 27.2 Å². The standard InChI is InChI=1S/C12H22O5S2/c1-11(2)16-7-12(3,8-17-11)10(14)15-5-4-6-18-19-9-13/h13H,4-9H2,1-3H3. The normalized spacial score (nSPS) is 21.1. The van der Waals surface area contributed by atoms with Gasteiger partial charge in [-0.25, -0.2) is 0 Å². The Kier molecular flexibility index (Phi) is 6.96. The molecule has 0 radical (unpaired) electrons. The van der Waals surface area contributed by atoms with Gasteiger partial charge >= 0.3 is 5.97 Å². The summed E-state index contributed by atoms with van der Waals surface area (Å²) in [5.41, 5.74) is -0.720. The molecule has 0 saturated carbocycles. The van der Waals surface area contributed by atoms with Crippen LogP contribution in [0.3, 0.4) is 0 Å². The van der Waals surface area contributed by atoms with Gasteiger partial charge in [-0.1, -0.05) is 21.6 Å². The number of hydrogen-bond donors (Lipinski definition) is 1. The van der Waals surface area contributed by atoms with Crippen LogP contribution in [0.25, 0.3) is 0 Å². The van der Waals surface area contributed by atoms with Gasteiger partial charge in [0, 0.05) is 5.75 Å². The van der Waals surface area contributed by atoms with Crippen molar-refractivity contribution >= 4 is 27.6 Å². The fraction of sp³-hybridized carbons (Fsp3) is 0.917. The Morgan fingerprint density at radius 2 is 1.89 bits per heavy atom. The minimum absolute atomic E-state index is 0.104. The van der Waals surface area contributed by atoms with E-state index in [1.165, 1.54) is 10.8 Å². The van der Waals surface area contributed by atoms with Crippen LogP contribution in [0.2, 0.25) is 0 Å². The van der Waals surface area contributed by atoms with Crippen molar-refractivity contribution in [3.8, 4) is 0 Å². The number of esters is 1. The largest absolute Gasteiger partial charge is 0.465 e. The van der Waals surface area contributed by atoms with Crippen LogP contribution in [-0.2, 0) is 19.0 Å². The Balaban J connectivity index is 2.22. The lowest BCUT2D eigenvalue weighted by Crippen LogP contribution is -2.49. The Morgan fingerprint density at radius 1 is 1.26 bits per heavy atom. The van der Waals surface area contributed by atoms with E-state index in [1.807, 2.05) is 13.8 Å². The monoisotopic (exact) mass is 310 g/mol. The third-order valence-electron chi connectivity index (χ3n) is 2.71. The molecule has 0 bridgehead atoms. The molecular formula is C12H22O5S2. The summed E-state index contributed by atoms with van der Waals surface area (Å²) in [7, 11) is 2.95. The third kappa shape index (κ3) is 5.91. The van der Waals surface area contributed by atoms with Crippen molar-refractivity contribution in [2.24, 2.45) is 5.41 Å². The summed E-state index contributed by atoms with van der Waals surface area (Å²) >= 11 is 0. The molecular weight excluding hydrogens is 288 g/mol. The van der Waals surface area contributed by atoms with Crippen LogP contribution >= 0.6 is 21.6 Å². The first-order chi connectivity index (χ1) is 8.90. The quantitative estimate of drug-likeness (QED) is 0.334. The fourth-order valence-electron chi connectivity index (χ4n) is 1.42. The summed E-state index contributed by atoms with van der Waals surface area (Å²) in [6.07, 6.45) is 0.771. The average molecular weight is 310 g/mol. The van der Waals surface area contributed by atoms with Crippen LogP contribution in [0.4, 0.5) is 0 Å². The zero-order valence-electron chi connectivity index (χ0n) is 11.6. The molecule has 0 atom stereocenters. The minimum atomic E-state index is -0.720. The van der Waals surface area contributed by atoms with E-state index in [0.29, 0.717) is 19.8 Å². The second kappa shape index (κ2) is 7.73. The smallest absolute Gasteiger partial charge is 0.316 e. The van der Waals surface area contributed by atoms with Crippen LogP contribution in [0, 0.1) is 5.41 Å². The maximum absolute atomic E-state index is 12.0. The SMILES string of the molecule is CC1(C)OCC(C)(C(=O)OCCCSSCO)CO1. The number of hydrogen-bond acceptors (Lipinski definition) is 7. The van der Waals surface area contributed by atoms with Gasteiger partial charge in [0.1, 0.15) is 5.41 Å². The number of carbonyl (C=O) groups excluding carboxylic acids is 1. The molecule has 0 aromatic heterocycles. The highest BCUT2D eigenvalue weighted by Crippen LogP contribution is 2.30. The Labute approximate surface area is 122 Å². The highest BCUT2D eigenvalue weighted by molar-refractivity contribution is 8.76. The molecule has 0 aromatic carbocycles. The number of ether oxygens (including phenoxy) is 3. The molecule has 1 saturated heterocycles. The molecule has 1 rings (SSSR count). The van der Waals surface area contributed by atoms with E-state index in [-0.39, 0.29) is 11.9 Å². The predicted molar refractivity (Wildman–Crippen MR) is 76.8 cm³/mol. The summed E-state index contributed by atoms with van der Waals surface area (Å²) in [4.78, 5) is 12.0. The molecule has 0 unspecified atom stereocenters. The van der Waals surface area contributed by atoms with E-state index in [9.17, 15) is 4.79 Å². The molecule has 0 amide bonds. The third-order valence-corrected chi connectivity index (χ3v) is 4.75. The van der Waals surface area contributed by atoms with Crippen LogP contribution in [0.15, 0.2) is 0 Å². The van der Waals surface area contributed by atoms with Gasteiger partial charge in [0.05, 0.1) is 25.8 Å². The van der Waals surface area contributed by atoms with Crippen molar-refractivity contribution < 1.29 is 24.1 Å². The van der Waals surface area contributed by atoms with Crippen LogP contribution in [0.1, 0.15) is 27.2 Å². The fourth-order valence-corrected chi connectivity index (χ4v) is 2.78. The summed E-state index contributed by atoms with van der Waals surface area (Å²) in [6, 6.07) is 0. The summed E-state index contributed by atoms with van der Waals surface area (Å²) in [6.45, 7) is 6.46. The zero-order valence-corrected chi connectivity index (χ0v) is 13.3. The van der Waals surface area contributed by atoms with Gasteiger partial charge in [-0.2, -0.15) is 0 Å². The molecule has 1 fully saturated rings. The number of carbonyl (C=O) groups is 1. The van der Waals surface area contributed by atoms with E-state index in [4.69, 9.17) is 19.3 Å². The zero-order chi connectivity index (χ0) is 14.4.